The highest BCUT2D eigenvalue weighted by atomic mass is 35.5. The molecule has 1 fully saturated rings. The molecular formula is C22H17Cl3F4N2O2. The quantitative estimate of drug-likeness (QED) is 0.347. The molecule has 1 unspecified atom stereocenters. The number of carbonyl (C=O) groups is 1. The van der Waals surface area contributed by atoms with Crippen LogP contribution in [0.4, 0.5) is 17.6 Å². The Hall–Kier alpha value is -2.03. The molecule has 0 radical (unpaired) electrons. The Morgan fingerprint density at radius 1 is 1.15 bits per heavy atom. The Balaban J connectivity index is 1.60. The fourth-order valence-corrected chi connectivity index (χ4v) is 4.33. The molecular weight excluding hydrogens is 507 g/mol. The molecule has 176 valence electrons. The summed E-state index contributed by atoms with van der Waals surface area (Å²) in [5.41, 5.74) is -2.87. The molecule has 4 nitrogen and oxygen atoms in total. The van der Waals surface area contributed by atoms with Crippen LogP contribution in [0.15, 0.2) is 35.5 Å². The lowest BCUT2D eigenvalue weighted by Gasteiger charge is -2.30. The van der Waals surface area contributed by atoms with Crippen LogP contribution in [-0.4, -0.2) is 17.8 Å². The second-order valence-corrected chi connectivity index (χ2v) is 9.23. The van der Waals surface area contributed by atoms with Crippen molar-refractivity contribution < 1.29 is 27.2 Å². The SMILES string of the molecule is O=C(NCc1cc(C2=NOC(c3cc(Cl)c(Cl)c(Cl)c3)(C(F)(F)F)C2)ccc1F)C1CCC1. The highest BCUT2D eigenvalue weighted by Gasteiger charge is 2.62. The third-order valence-corrected chi connectivity index (χ3v) is 7.14. The van der Waals surface area contributed by atoms with Crippen molar-refractivity contribution >= 4 is 46.4 Å². The predicted octanol–water partition coefficient (Wildman–Crippen LogP) is 6.78. The summed E-state index contributed by atoms with van der Waals surface area (Å²) >= 11 is 17.8. The third kappa shape index (κ3) is 4.53. The molecule has 1 saturated carbocycles. The molecule has 2 aromatic carbocycles. The van der Waals surface area contributed by atoms with Crippen LogP contribution in [0.2, 0.25) is 15.1 Å². The van der Waals surface area contributed by atoms with Gasteiger partial charge in [-0.15, -0.1) is 0 Å². The summed E-state index contributed by atoms with van der Waals surface area (Å²) in [7, 11) is 0. The molecule has 2 aromatic rings. The van der Waals surface area contributed by atoms with E-state index in [0.717, 1.165) is 37.5 Å². The van der Waals surface area contributed by atoms with Crippen molar-refractivity contribution in [1.82, 2.24) is 5.32 Å². The first-order valence-electron chi connectivity index (χ1n) is 10.0. The van der Waals surface area contributed by atoms with Crippen molar-refractivity contribution in [1.29, 1.82) is 0 Å². The van der Waals surface area contributed by atoms with Crippen molar-refractivity contribution in [2.24, 2.45) is 11.1 Å². The zero-order valence-electron chi connectivity index (χ0n) is 16.9. The molecule has 0 bridgehead atoms. The molecule has 11 heteroatoms. The van der Waals surface area contributed by atoms with Crippen molar-refractivity contribution in [2.45, 2.75) is 44.0 Å². The molecule has 4 rings (SSSR count). The Bertz CT molecular complexity index is 1110. The zero-order valence-corrected chi connectivity index (χ0v) is 19.2. The number of alkyl halides is 3. The molecule has 0 saturated heterocycles. The van der Waals surface area contributed by atoms with Gasteiger partial charge in [0.05, 0.1) is 20.8 Å². The van der Waals surface area contributed by atoms with Crippen molar-refractivity contribution in [3.8, 4) is 0 Å². The molecule has 1 aliphatic heterocycles. The molecule has 0 aromatic heterocycles. The Labute approximate surface area is 201 Å². The molecule has 0 spiro atoms. The van der Waals surface area contributed by atoms with Crippen LogP contribution in [0, 0.1) is 11.7 Å². The summed E-state index contributed by atoms with van der Waals surface area (Å²) in [5.74, 6) is -0.833. The van der Waals surface area contributed by atoms with E-state index in [0.29, 0.717) is 0 Å². The second kappa shape index (κ2) is 8.96. The lowest BCUT2D eigenvalue weighted by atomic mass is 9.85. The van der Waals surface area contributed by atoms with Crippen LogP contribution >= 0.6 is 34.8 Å². The summed E-state index contributed by atoms with van der Waals surface area (Å²) in [6, 6.07) is 5.85. The molecule has 1 heterocycles. The van der Waals surface area contributed by atoms with Crippen LogP contribution in [-0.2, 0) is 21.8 Å². The highest BCUT2D eigenvalue weighted by Crippen LogP contribution is 2.50. The average Bonchev–Trinajstić information content (AvgIpc) is 3.16. The van der Waals surface area contributed by atoms with Gasteiger partial charge in [-0.05, 0) is 37.1 Å². The summed E-state index contributed by atoms with van der Waals surface area (Å²) < 4.78 is 56.9. The molecule has 1 N–H and O–H groups in total. The fraction of sp³-hybridized carbons (Fsp3) is 0.364. The average molecular weight is 524 g/mol. The Morgan fingerprint density at radius 3 is 2.39 bits per heavy atom. The smallest absolute Gasteiger partial charge is 0.374 e. The third-order valence-electron chi connectivity index (χ3n) is 5.94. The second-order valence-electron chi connectivity index (χ2n) is 8.04. The Morgan fingerprint density at radius 2 is 1.82 bits per heavy atom. The van der Waals surface area contributed by atoms with E-state index in [1.165, 1.54) is 12.1 Å². The molecule has 1 amide bonds. The number of carbonyl (C=O) groups excluding carboxylic acids is 1. The maximum absolute atomic E-state index is 14.3. The van der Waals surface area contributed by atoms with E-state index in [1.807, 2.05) is 0 Å². The molecule has 1 aliphatic carbocycles. The summed E-state index contributed by atoms with van der Waals surface area (Å²) in [5, 5.41) is 5.94. The fourth-order valence-electron chi connectivity index (χ4n) is 3.73. The molecule has 2 aliphatic rings. The maximum Gasteiger partial charge on any atom is 0.435 e. The van der Waals surface area contributed by atoms with Gasteiger partial charge in [-0.3, -0.25) is 4.79 Å². The molecule has 1 atom stereocenters. The first kappa shape index (κ1) is 24.1. The van der Waals surface area contributed by atoms with Gasteiger partial charge in [0.1, 0.15) is 5.82 Å². The van der Waals surface area contributed by atoms with E-state index in [-0.39, 0.29) is 55.8 Å². The Kier molecular flexibility index (Phi) is 6.55. The van der Waals surface area contributed by atoms with E-state index in [4.69, 9.17) is 39.6 Å². The van der Waals surface area contributed by atoms with Gasteiger partial charge in [0.15, 0.2) is 0 Å². The van der Waals surface area contributed by atoms with Crippen LogP contribution in [0.25, 0.3) is 0 Å². The summed E-state index contributed by atoms with van der Waals surface area (Å²) in [6.45, 7) is -0.0873. The minimum absolute atomic E-state index is 0.0407. The normalized spacial score (nSPS) is 20.8. The van der Waals surface area contributed by atoms with Crippen molar-refractivity contribution in [3.05, 3.63) is 67.9 Å². The largest absolute Gasteiger partial charge is 0.435 e. The van der Waals surface area contributed by atoms with E-state index >= 15 is 0 Å². The topological polar surface area (TPSA) is 50.7 Å². The van der Waals surface area contributed by atoms with Crippen molar-refractivity contribution in [3.63, 3.8) is 0 Å². The minimum atomic E-state index is -4.88. The van der Waals surface area contributed by atoms with Crippen molar-refractivity contribution in [2.75, 3.05) is 0 Å². The van der Waals surface area contributed by atoms with Gasteiger partial charge in [-0.1, -0.05) is 52.4 Å². The van der Waals surface area contributed by atoms with Gasteiger partial charge in [0.2, 0.25) is 5.91 Å². The van der Waals surface area contributed by atoms with Crippen LogP contribution in [0.3, 0.4) is 0 Å². The molecule has 33 heavy (non-hydrogen) atoms. The van der Waals surface area contributed by atoms with E-state index in [9.17, 15) is 22.4 Å². The van der Waals surface area contributed by atoms with E-state index < -0.39 is 24.0 Å². The van der Waals surface area contributed by atoms with Gasteiger partial charge in [0, 0.05) is 35.6 Å². The monoisotopic (exact) mass is 522 g/mol. The summed E-state index contributed by atoms with van der Waals surface area (Å²) in [4.78, 5) is 17.0. The van der Waals surface area contributed by atoms with Gasteiger partial charge < -0.3 is 10.2 Å². The zero-order chi connectivity index (χ0) is 24.0. The van der Waals surface area contributed by atoms with Crippen LogP contribution in [0.5, 0.6) is 0 Å². The number of nitrogens with zero attached hydrogens (tertiary/aromatic N) is 1. The number of hydrogen-bond acceptors (Lipinski definition) is 3. The number of nitrogens with one attached hydrogen (secondary N) is 1. The first-order valence-corrected chi connectivity index (χ1v) is 11.2. The summed E-state index contributed by atoms with van der Waals surface area (Å²) in [6.07, 6.45) is -3.00. The number of halogens is 7. The van der Waals surface area contributed by atoms with Gasteiger partial charge in [-0.25, -0.2) is 4.39 Å². The van der Waals surface area contributed by atoms with E-state index in [2.05, 4.69) is 10.5 Å². The van der Waals surface area contributed by atoms with Gasteiger partial charge in [-0.2, -0.15) is 13.2 Å². The van der Waals surface area contributed by atoms with Gasteiger partial charge >= 0.3 is 6.18 Å². The maximum atomic E-state index is 14.3. The number of hydrogen-bond donors (Lipinski definition) is 1. The van der Waals surface area contributed by atoms with E-state index in [1.54, 1.807) is 0 Å². The lowest BCUT2D eigenvalue weighted by molar-refractivity contribution is -0.275. The van der Waals surface area contributed by atoms with Crippen LogP contribution < -0.4 is 5.32 Å². The number of oxime groups is 1. The predicted molar refractivity (Wildman–Crippen MR) is 117 cm³/mol. The van der Waals surface area contributed by atoms with Crippen LogP contribution in [0.1, 0.15) is 42.4 Å². The number of amides is 1. The minimum Gasteiger partial charge on any atom is -0.374 e. The highest BCUT2D eigenvalue weighted by molar-refractivity contribution is 6.48. The first-order chi connectivity index (χ1) is 15.5. The number of rotatable bonds is 5. The lowest BCUT2D eigenvalue weighted by Crippen LogP contribution is -2.42. The number of benzene rings is 2. The van der Waals surface area contributed by atoms with Gasteiger partial charge in [0.25, 0.3) is 5.60 Å². The standard InChI is InChI=1S/C22H17Cl3F4N2O2/c23-15-7-14(8-16(24)19(15)25)21(22(27,28)29)9-18(31-33-21)12-4-5-17(26)13(6-12)10-30-20(32)11-2-1-3-11/h4-8,11H,1-3,9-10H2,(H,30,32).